The third-order valence-corrected chi connectivity index (χ3v) is 9.72. The molecule has 1 aliphatic heterocycles. The predicted molar refractivity (Wildman–Crippen MR) is 187 cm³/mol. The Labute approximate surface area is 260 Å². The van der Waals surface area contributed by atoms with Gasteiger partial charge in [-0.25, -0.2) is 0 Å². The van der Waals surface area contributed by atoms with Crippen LogP contribution in [0.15, 0.2) is 162 Å². The zero-order chi connectivity index (χ0) is 29.5. The van der Waals surface area contributed by atoms with Gasteiger partial charge >= 0.3 is 0 Å². The van der Waals surface area contributed by atoms with E-state index >= 15 is 0 Å². The van der Waals surface area contributed by atoms with E-state index in [0.29, 0.717) is 5.92 Å². The molecule has 0 saturated carbocycles. The van der Waals surface area contributed by atoms with E-state index in [4.69, 9.17) is 4.42 Å². The van der Waals surface area contributed by atoms with Gasteiger partial charge < -0.3 is 13.9 Å². The van der Waals surface area contributed by atoms with Crippen molar-refractivity contribution < 1.29 is 4.42 Å². The number of hydrogen-bond acceptors (Lipinski definition) is 2. The number of para-hydroxylation sites is 4. The molecule has 10 rings (SSSR count). The van der Waals surface area contributed by atoms with Crippen molar-refractivity contribution in [3.05, 3.63) is 163 Å². The SMILES string of the molecule is C1=CC2c3ccc4c5ccccc5n(-c5ccc(-c6cccc7c6oc6ccccc67)cc5)c4c3N(c3ccccc3)C2C=C1. The molecular formula is C42H28N2O. The van der Waals surface area contributed by atoms with Crippen LogP contribution in [0.3, 0.4) is 0 Å². The Morgan fingerprint density at radius 1 is 0.533 bits per heavy atom. The van der Waals surface area contributed by atoms with E-state index in [1.165, 1.54) is 38.7 Å². The van der Waals surface area contributed by atoms with E-state index in [2.05, 4.69) is 155 Å². The Bertz CT molecular complexity index is 2500. The fourth-order valence-electron chi connectivity index (χ4n) is 7.78. The summed E-state index contributed by atoms with van der Waals surface area (Å²) in [4.78, 5) is 2.55. The van der Waals surface area contributed by atoms with Crippen LogP contribution in [0.2, 0.25) is 0 Å². The van der Waals surface area contributed by atoms with Gasteiger partial charge in [-0.15, -0.1) is 0 Å². The Balaban J connectivity index is 1.21. The van der Waals surface area contributed by atoms with Gasteiger partial charge in [-0.2, -0.15) is 0 Å². The summed E-state index contributed by atoms with van der Waals surface area (Å²) in [5.41, 5.74) is 11.6. The van der Waals surface area contributed by atoms with Crippen molar-refractivity contribution in [2.24, 2.45) is 0 Å². The maximum absolute atomic E-state index is 6.38. The number of hydrogen-bond donors (Lipinski definition) is 0. The van der Waals surface area contributed by atoms with Gasteiger partial charge in [-0.3, -0.25) is 0 Å². The average Bonchev–Trinajstić information content (AvgIpc) is 3.77. The lowest BCUT2D eigenvalue weighted by Crippen LogP contribution is -2.28. The van der Waals surface area contributed by atoms with Crippen molar-refractivity contribution in [2.45, 2.75) is 12.0 Å². The van der Waals surface area contributed by atoms with Crippen LogP contribution in [0.1, 0.15) is 11.5 Å². The summed E-state index contributed by atoms with van der Waals surface area (Å²) in [7, 11) is 0. The van der Waals surface area contributed by atoms with E-state index in [1.54, 1.807) is 0 Å². The summed E-state index contributed by atoms with van der Waals surface area (Å²) in [6, 6.07) is 48.3. The summed E-state index contributed by atoms with van der Waals surface area (Å²) in [6.07, 6.45) is 9.10. The minimum atomic E-state index is 0.233. The number of nitrogens with zero attached hydrogens (tertiary/aromatic N) is 2. The second-order valence-corrected chi connectivity index (χ2v) is 12.1. The Morgan fingerprint density at radius 3 is 2.18 bits per heavy atom. The first kappa shape index (κ1) is 24.6. The predicted octanol–water partition coefficient (Wildman–Crippen LogP) is 11.1. The topological polar surface area (TPSA) is 21.3 Å². The molecule has 0 N–H and O–H groups in total. The zero-order valence-electron chi connectivity index (χ0n) is 24.5. The highest BCUT2D eigenvalue weighted by molar-refractivity contribution is 6.15. The number of rotatable bonds is 3. The molecule has 2 atom stereocenters. The number of benzene rings is 6. The summed E-state index contributed by atoms with van der Waals surface area (Å²) in [5.74, 6) is 0.299. The summed E-state index contributed by atoms with van der Waals surface area (Å²) in [5, 5.41) is 4.84. The molecule has 212 valence electrons. The van der Waals surface area contributed by atoms with Crippen LogP contribution in [-0.4, -0.2) is 10.6 Å². The van der Waals surface area contributed by atoms with Crippen molar-refractivity contribution in [1.29, 1.82) is 0 Å². The van der Waals surface area contributed by atoms with Gasteiger partial charge in [0.15, 0.2) is 0 Å². The van der Waals surface area contributed by atoms with E-state index in [-0.39, 0.29) is 6.04 Å². The highest BCUT2D eigenvalue weighted by Gasteiger charge is 2.39. The molecule has 8 aromatic rings. The number of furan rings is 1. The van der Waals surface area contributed by atoms with Crippen LogP contribution < -0.4 is 4.90 Å². The van der Waals surface area contributed by atoms with Gasteiger partial charge in [0, 0.05) is 44.4 Å². The standard InChI is InChI=1S/C42H28N2O/c1-2-11-28(12-3-1)43-37-18-7-4-13-31(37)34-25-26-35-32-14-5-8-19-38(32)44(41(35)40(34)43)29-23-21-27(22-24-29)30-16-10-17-36-33-15-6-9-20-39(33)45-42(30)36/h1-26,31,37H. The van der Waals surface area contributed by atoms with Crippen LogP contribution in [0.25, 0.3) is 60.6 Å². The first-order chi connectivity index (χ1) is 22.3. The summed E-state index contributed by atoms with van der Waals surface area (Å²) >= 11 is 0. The quantitative estimate of drug-likeness (QED) is 0.209. The van der Waals surface area contributed by atoms with Crippen LogP contribution in [-0.2, 0) is 0 Å². The van der Waals surface area contributed by atoms with Crippen LogP contribution in [0, 0.1) is 0 Å². The molecule has 2 aliphatic rings. The monoisotopic (exact) mass is 576 g/mol. The molecule has 45 heavy (non-hydrogen) atoms. The average molecular weight is 577 g/mol. The van der Waals surface area contributed by atoms with Crippen LogP contribution in [0.5, 0.6) is 0 Å². The fraction of sp³-hybridized carbons (Fsp3) is 0.0476. The number of aromatic nitrogens is 1. The molecule has 0 amide bonds. The molecule has 1 aliphatic carbocycles. The maximum atomic E-state index is 6.38. The van der Waals surface area contributed by atoms with Gasteiger partial charge in [0.2, 0.25) is 0 Å². The lowest BCUT2D eigenvalue weighted by Gasteiger charge is -2.29. The Morgan fingerprint density at radius 2 is 1.29 bits per heavy atom. The highest BCUT2D eigenvalue weighted by atomic mass is 16.3. The molecule has 2 unspecified atom stereocenters. The molecule has 2 aromatic heterocycles. The first-order valence-corrected chi connectivity index (χ1v) is 15.6. The second kappa shape index (κ2) is 9.35. The minimum absolute atomic E-state index is 0.233. The van der Waals surface area contributed by atoms with Gasteiger partial charge in [-0.05, 0) is 47.5 Å². The van der Waals surface area contributed by atoms with E-state index in [0.717, 1.165) is 38.8 Å². The van der Waals surface area contributed by atoms with Crippen LogP contribution in [0.4, 0.5) is 11.4 Å². The minimum Gasteiger partial charge on any atom is -0.455 e. The van der Waals surface area contributed by atoms with Crippen molar-refractivity contribution in [3.8, 4) is 16.8 Å². The van der Waals surface area contributed by atoms with Gasteiger partial charge in [0.25, 0.3) is 0 Å². The molecule has 0 fully saturated rings. The molecule has 3 heteroatoms. The third kappa shape index (κ3) is 3.46. The molecule has 0 bridgehead atoms. The summed E-state index contributed by atoms with van der Waals surface area (Å²) < 4.78 is 8.85. The van der Waals surface area contributed by atoms with E-state index < -0.39 is 0 Å². The fourth-order valence-corrected chi connectivity index (χ4v) is 7.78. The van der Waals surface area contributed by atoms with Gasteiger partial charge in [0.1, 0.15) is 11.2 Å². The molecule has 0 radical (unpaired) electrons. The number of anilines is 2. The van der Waals surface area contributed by atoms with Gasteiger partial charge in [-0.1, -0.05) is 121 Å². The lowest BCUT2D eigenvalue weighted by atomic mass is 9.91. The summed E-state index contributed by atoms with van der Waals surface area (Å²) in [6.45, 7) is 0. The highest BCUT2D eigenvalue weighted by Crippen LogP contribution is 2.52. The molecule has 0 saturated heterocycles. The molecule has 3 nitrogen and oxygen atoms in total. The molecule has 0 spiro atoms. The Kier molecular flexibility index (Phi) is 5.11. The Hall–Kier alpha value is -5.80. The smallest absolute Gasteiger partial charge is 0.143 e. The number of fused-ring (bicyclic) bond motifs is 10. The van der Waals surface area contributed by atoms with Crippen molar-refractivity contribution in [2.75, 3.05) is 4.90 Å². The number of allylic oxidation sites excluding steroid dienone is 2. The normalized spacial score (nSPS) is 17.1. The second-order valence-electron chi connectivity index (χ2n) is 12.1. The lowest BCUT2D eigenvalue weighted by molar-refractivity contribution is 0.670. The van der Waals surface area contributed by atoms with Crippen LogP contribution >= 0.6 is 0 Å². The zero-order valence-corrected chi connectivity index (χ0v) is 24.5. The molecule has 3 heterocycles. The van der Waals surface area contributed by atoms with Crippen molar-refractivity contribution in [3.63, 3.8) is 0 Å². The van der Waals surface area contributed by atoms with Crippen molar-refractivity contribution >= 4 is 55.1 Å². The molecule has 6 aromatic carbocycles. The molecular weight excluding hydrogens is 548 g/mol. The maximum Gasteiger partial charge on any atom is 0.143 e. The van der Waals surface area contributed by atoms with Crippen molar-refractivity contribution in [1.82, 2.24) is 4.57 Å². The van der Waals surface area contributed by atoms with Gasteiger partial charge in [0.05, 0.1) is 22.8 Å². The first-order valence-electron chi connectivity index (χ1n) is 15.6. The van der Waals surface area contributed by atoms with E-state index in [1.807, 2.05) is 12.1 Å². The largest absolute Gasteiger partial charge is 0.455 e. The third-order valence-electron chi connectivity index (χ3n) is 9.72. The van der Waals surface area contributed by atoms with E-state index in [9.17, 15) is 0 Å².